The Balaban J connectivity index is 1.45. The molecule has 174 valence electrons. The van der Waals surface area contributed by atoms with E-state index in [1.165, 1.54) is 5.56 Å². The number of ether oxygens (including phenoxy) is 4. The summed E-state index contributed by atoms with van der Waals surface area (Å²) in [4.78, 5) is 4.77. The molecule has 2 heterocycles. The van der Waals surface area contributed by atoms with Crippen LogP contribution in [-0.4, -0.2) is 64.8 Å². The minimum absolute atomic E-state index is 0.353. The second kappa shape index (κ2) is 13.6. The van der Waals surface area contributed by atoms with E-state index >= 15 is 0 Å². The largest absolute Gasteiger partial charge is 0.493 e. The summed E-state index contributed by atoms with van der Waals surface area (Å²) < 4.78 is 22.9. The number of aryl methyl sites for hydroxylation is 1. The van der Waals surface area contributed by atoms with Gasteiger partial charge in [-0.05, 0) is 51.2 Å². The lowest BCUT2D eigenvalue weighted by atomic mass is 10.1. The zero-order valence-corrected chi connectivity index (χ0v) is 19.2. The van der Waals surface area contributed by atoms with Crippen LogP contribution >= 0.6 is 0 Å². The number of aliphatic imine (C=N–C) groups is 1. The van der Waals surface area contributed by atoms with Gasteiger partial charge in [0, 0.05) is 51.0 Å². The Bertz CT molecular complexity index is 671. The van der Waals surface area contributed by atoms with Gasteiger partial charge in [0.2, 0.25) is 0 Å². The van der Waals surface area contributed by atoms with Gasteiger partial charge in [0.1, 0.15) is 5.75 Å². The van der Waals surface area contributed by atoms with Gasteiger partial charge in [-0.15, -0.1) is 0 Å². The van der Waals surface area contributed by atoms with Gasteiger partial charge in [-0.1, -0.05) is 12.1 Å². The van der Waals surface area contributed by atoms with Gasteiger partial charge >= 0.3 is 0 Å². The van der Waals surface area contributed by atoms with E-state index in [4.69, 9.17) is 23.9 Å². The third-order valence-corrected chi connectivity index (χ3v) is 5.61. The zero-order chi connectivity index (χ0) is 21.7. The predicted octanol–water partition coefficient (Wildman–Crippen LogP) is 3.05. The van der Waals surface area contributed by atoms with Crippen LogP contribution in [0.4, 0.5) is 0 Å². The van der Waals surface area contributed by atoms with Crippen molar-refractivity contribution in [2.45, 2.75) is 52.2 Å². The molecular weight excluding hydrogens is 394 g/mol. The van der Waals surface area contributed by atoms with Crippen molar-refractivity contribution in [2.75, 3.05) is 52.7 Å². The molecule has 7 nitrogen and oxygen atoms in total. The van der Waals surface area contributed by atoms with Crippen molar-refractivity contribution >= 4 is 5.96 Å². The van der Waals surface area contributed by atoms with E-state index in [1.54, 1.807) is 0 Å². The molecule has 1 aromatic carbocycles. The Labute approximate surface area is 186 Å². The second-order valence-electron chi connectivity index (χ2n) is 8.31. The summed E-state index contributed by atoms with van der Waals surface area (Å²) in [7, 11) is 0. The molecule has 0 spiro atoms. The summed E-state index contributed by atoms with van der Waals surface area (Å²) in [6, 6.07) is 6.34. The van der Waals surface area contributed by atoms with Crippen molar-refractivity contribution in [2.24, 2.45) is 10.9 Å². The van der Waals surface area contributed by atoms with Crippen LogP contribution in [0.5, 0.6) is 5.75 Å². The second-order valence-corrected chi connectivity index (χ2v) is 8.31. The van der Waals surface area contributed by atoms with E-state index in [2.05, 4.69) is 42.7 Å². The van der Waals surface area contributed by atoms with E-state index in [0.29, 0.717) is 25.2 Å². The summed E-state index contributed by atoms with van der Waals surface area (Å²) in [5.74, 6) is 2.24. The number of rotatable bonds is 11. The standard InChI is InChI=1S/C24H39N3O4/c1-3-25-24(26-10-4-11-30-22-8-13-28-14-9-22)27-16-21-6-5-19(2)15-23(21)31-18-20-7-12-29-17-20/h5-6,15,20,22H,3-4,7-14,16-18H2,1-2H3,(H2,25,26,27). The van der Waals surface area contributed by atoms with Gasteiger partial charge in [0.05, 0.1) is 25.9 Å². The molecule has 2 aliphatic heterocycles. The summed E-state index contributed by atoms with van der Waals surface area (Å²) >= 11 is 0. The van der Waals surface area contributed by atoms with Crippen molar-refractivity contribution in [3.8, 4) is 5.75 Å². The first-order valence-corrected chi connectivity index (χ1v) is 11.8. The third kappa shape index (κ3) is 8.67. The molecule has 1 aromatic rings. The molecule has 2 aliphatic rings. The van der Waals surface area contributed by atoms with Gasteiger partial charge in [-0.2, -0.15) is 0 Å². The molecule has 0 radical (unpaired) electrons. The van der Waals surface area contributed by atoms with Crippen molar-refractivity contribution in [1.82, 2.24) is 10.6 Å². The molecular formula is C24H39N3O4. The molecule has 1 atom stereocenters. The molecule has 0 amide bonds. The molecule has 7 heteroatoms. The van der Waals surface area contributed by atoms with Gasteiger partial charge in [-0.3, -0.25) is 0 Å². The van der Waals surface area contributed by atoms with Crippen LogP contribution in [0.2, 0.25) is 0 Å². The third-order valence-electron chi connectivity index (χ3n) is 5.61. The SMILES string of the molecule is CCNC(=NCc1ccc(C)cc1OCC1CCOC1)NCCCOC1CCOCC1. The lowest BCUT2D eigenvalue weighted by Crippen LogP contribution is -2.38. The molecule has 2 fully saturated rings. The minimum Gasteiger partial charge on any atom is -0.493 e. The maximum absolute atomic E-state index is 6.15. The lowest BCUT2D eigenvalue weighted by Gasteiger charge is -2.22. The highest BCUT2D eigenvalue weighted by atomic mass is 16.5. The topological polar surface area (TPSA) is 73.3 Å². The molecule has 0 aliphatic carbocycles. The Morgan fingerprint density at radius 2 is 1.97 bits per heavy atom. The highest BCUT2D eigenvalue weighted by molar-refractivity contribution is 5.79. The molecule has 0 aromatic heterocycles. The first-order chi connectivity index (χ1) is 15.2. The van der Waals surface area contributed by atoms with E-state index in [9.17, 15) is 0 Å². The lowest BCUT2D eigenvalue weighted by molar-refractivity contribution is -0.0320. The van der Waals surface area contributed by atoms with E-state index in [0.717, 1.165) is 89.1 Å². The van der Waals surface area contributed by atoms with Gasteiger partial charge in [0.25, 0.3) is 0 Å². The Morgan fingerprint density at radius 3 is 2.74 bits per heavy atom. The van der Waals surface area contributed by atoms with Crippen molar-refractivity contribution in [1.29, 1.82) is 0 Å². The van der Waals surface area contributed by atoms with Gasteiger partial charge < -0.3 is 29.6 Å². The monoisotopic (exact) mass is 433 g/mol. The summed E-state index contributed by atoms with van der Waals surface area (Å²) in [5.41, 5.74) is 2.30. The minimum atomic E-state index is 0.353. The van der Waals surface area contributed by atoms with Crippen LogP contribution in [0.3, 0.4) is 0 Å². The molecule has 2 N–H and O–H groups in total. The van der Waals surface area contributed by atoms with Crippen molar-refractivity contribution < 1.29 is 18.9 Å². The number of guanidine groups is 1. The number of hydrogen-bond donors (Lipinski definition) is 2. The zero-order valence-electron chi connectivity index (χ0n) is 19.2. The fraction of sp³-hybridized carbons (Fsp3) is 0.708. The Morgan fingerprint density at radius 1 is 1.13 bits per heavy atom. The number of nitrogens with one attached hydrogen (secondary N) is 2. The highest BCUT2D eigenvalue weighted by Crippen LogP contribution is 2.23. The summed E-state index contributed by atoms with van der Waals surface area (Å²) in [5, 5.41) is 6.74. The van der Waals surface area contributed by atoms with Crippen LogP contribution in [0.1, 0.15) is 43.7 Å². The highest BCUT2D eigenvalue weighted by Gasteiger charge is 2.17. The van der Waals surface area contributed by atoms with Crippen LogP contribution in [0.15, 0.2) is 23.2 Å². The molecule has 2 saturated heterocycles. The van der Waals surface area contributed by atoms with Gasteiger partial charge in [0.15, 0.2) is 5.96 Å². The Kier molecular flexibility index (Phi) is 10.4. The van der Waals surface area contributed by atoms with Crippen molar-refractivity contribution in [3.05, 3.63) is 29.3 Å². The first kappa shape index (κ1) is 23.8. The fourth-order valence-electron chi connectivity index (χ4n) is 3.73. The van der Waals surface area contributed by atoms with Gasteiger partial charge in [-0.25, -0.2) is 4.99 Å². The summed E-state index contributed by atoms with van der Waals surface area (Å²) in [6.07, 6.45) is 4.39. The number of hydrogen-bond acceptors (Lipinski definition) is 5. The molecule has 0 bridgehead atoms. The molecule has 1 unspecified atom stereocenters. The predicted molar refractivity (Wildman–Crippen MR) is 123 cm³/mol. The molecule has 31 heavy (non-hydrogen) atoms. The molecule has 3 rings (SSSR count). The summed E-state index contributed by atoms with van der Waals surface area (Å²) in [6.45, 7) is 11.1. The van der Waals surface area contributed by atoms with E-state index < -0.39 is 0 Å². The number of benzene rings is 1. The average molecular weight is 434 g/mol. The average Bonchev–Trinajstić information content (AvgIpc) is 3.31. The smallest absolute Gasteiger partial charge is 0.191 e. The van der Waals surface area contributed by atoms with Crippen LogP contribution < -0.4 is 15.4 Å². The van der Waals surface area contributed by atoms with Crippen LogP contribution in [0.25, 0.3) is 0 Å². The maximum Gasteiger partial charge on any atom is 0.191 e. The van der Waals surface area contributed by atoms with E-state index in [-0.39, 0.29) is 0 Å². The Hall–Kier alpha value is -1.83. The fourth-order valence-corrected chi connectivity index (χ4v) is 3.73. The quantitative estimate of drug-likeness (QED) is 0.317. The van der Waals surface area contributed by atoms with Crippen LogP contribution in [0, 0.1) is 12.8 Å². The van der Waals surface area contributed by atoms with Crippen LogP contribution in [-0.2, 0) is 20.8 Å². The molecule has 0 saturated carbocycles. The number of nitrogens with zero attached hydrogens (tertiary/aromatic N) is 1. The van der Waals surface area contributed by atoms with Crippen molar-refractivity contribution in [3.63, 3.8) is 0 Å². The normalized spacial score (nSPS) is 20.1. The first-order valence-electron chi connectivity index (χ1n) is 11.8. The van der Waals surface area contributed by atoms with E-state index in [1.807, 2.05) is 0 Å². The maximum atomic E-state index is 6.15.